The summed E-state index contributed by atoms with van der Waals surface area (Å²) in [6.45, 7) is 3.81. The molecule has 0 aromatic carbocycles. The Kier molecular flexibility index (Phi) is 13.9. The molecule has 1 atom stereocenters. The first-order valence-electron chi connectivity index (χ1n) is 8.92. The van der Waals surface area contributed by atoms with Crippen LogP contribution in [-0.2, 0) is 9.09 Å². The van der Waals surface area contributed by atoms with Crippen molar-refractivity contribution in [1.82, 2.24) is 0 Å². The van der Waals surface area contributed by atoms with Gasteiger partial charge in [0.05, 0.1) is 21.1 Å². The summed E-state index contributed by atoms with van der Waals surface area (Å²) < 4.78 is 18.0. The highest BCUT2D eigenvalue weighted by Gasteiger charge is 2.07. The maximum absolute atomic E-state index is 11.7. The van der Waals surface area contributed by atoms with Crippen molar-refractivity contribution in [3.05, 3.63) is 0 Å². The van der Waals surface area contributed by atoms with Gasteiger partial charge in [0.1, 0.15) is 13.2 Å². The lowest BCUT2D eigenvalue weighted by atomic mass is 10.1. The fourth-order valence-corrected chi connectivity index (χ4v) is 3.26. The molecule has 0 aliphatic carbocycles. The Morgan fingerprint density at radius 2 is 1.29 bits per heavy atom. The molecule has 0 N–H and O–H groups in total. The predicted molar refractivity (Wildman–Crippen MR) is 94.6 cm³/mol. The molecule has 0 saturated carbocycles. The van der Waals surface area contributed by atoms with Crippen LogP contribution in [0.2, 0.25) is 0 Å². The van der Waals surface area contributed by atoms with E-state index in [-0.39, 0.29) is 0 Å². The zero-order valence-electron chi connectivity index (χ0n) is 15.0. The summed E-state index contributed by atoms with van der Waals surface area (Å²) in [5.41, 5.74) is 0. The molecular weight excluding hydrogens is 281 g/mol. The van der Waals surface area contributed by atoms with Crippen molar-refractivity contribution in [3.8, 4) is 0 Å². The number of hydrogen-bond donors (Lipinski definition) is 0. The Balaban J connectivity index is 3.22. The minimum atomic E-state index is -1.78. The number of nitrogens with zero attached hydrogens (tertiary/aromatic N) is 1. The molecule has 0 bridgehead atoms. The minimum absolute atomic E-state index is 0.624. The summed E-state index contributed by atoms with van der Waals surface area (Å²) in [7, 11) is 4.60. The average molecular weight is 320 g/mol. The van der Waals surface area contributed by atoms with Crippen molar-refractivity contribution < 1.29 is 13.6 Å². The molecule has 0 fully saturated rings. The zero-order chi connectivity index (χ0) is 16.0. The Labute approximate surface area is 133 Å². The van der Waals surface area contributed by atoms with Crippen molar-refractivity contribution in [3.63, 3.8) is 0 Å². The molecular formula is C17H39NO2P+. The second-order valence-corrected chi connectivity index (χ2v) is 8.70. The standard InChI is InChI=1S/C17H39NO2P/c1-5-6-7-8-9-10-11-12-13-14-17-21(19)20-16-15-18(2,3)4/h21H,5-17H2,1-4H3/q+1. The van der Waals surface area contributed by atoms with Gasteiger partial charge >= 0.3 is 0 Å². The van der Waals surface area contributed by atoms with Crippen molar-refractivity contribution in [2.75, 3.05) is 40.5 Å². The fraction of sp³-hybridized carbons (Fsp3) is 1.00. The van der Waals surface area contributed by atoms with Gasteiger partial charge < -0.3 is 9.01 Å². The van der Waals surface area contributed by atoms with Gasteiger partial charge in [0.15, 0.2) is 8.03 Å². The van der Waals surface area contributed by atoms with E-state index in [9.17, 15) is 4.57 Å². The van der Waals surface area contributed by atoms with Gasteiger partial charge in [0.25, 0.3) is 0 Å². The van der Waals surface area contributed by atoms with Crippen LogP contribution in [0.5, 0.6) is 0 Å². The van der Waals surface area contributed by atoms with E-state index < -0.39 is 8.03 Å². The van der Waals surface area contributed by atoms with E-state index in [1.54, 1.807) is 0 Å². The Hall–Kier alpha value is 0.150. The molecule has 0 spiro atoms. The average Bonchev–Trinajstić information content (AvgIpc) is 2.39. The first kappa shape index (κ1) is 21.1. The largest absolute Gasteiger partial charge is 0.329 e. The third-order valence-electron chi connectivity index (χ3n) is 3.76. The maximum atomic E-state index is 11.7. The molecule has 0 heterocycles. The monoisotopic (exact) mass is 320 g/mol. The summed E-state index contributed by atoms with van der Waals surface area (Å²) in [5.74, 6) is 0. The number of likely N-dealkylation sites (N-methyl/N-ethyl adjacent to an activating group) is 1. The lowest BCUT2D eigenvalue weighted by Gasteiger charge is -2.23. The Morgan fingerprint density at radius 3 is 1.76 bits per heavy atom. The quantitative estimate of drug-likeness (QED) is 0.238. The predicted octanol–water partition coefficient (Wildman–Crippen LogP) is 5.10. The van der Waals surface area contributed by atoms with Crippen LogP contribution in [0.4, 0.5) is 0 Å². The SMILES string of the molecule is CCCCCCCCCCCC[PH](=O)OCC[N+](C)(C)C. The van der Waals surface area contributed by atoms with E-state index in [4.69, 9.17) is 4.52 Å². The van der Waals surface area contributed by atoms with E-state index >= 15 is 0 Å². The molecule has 0 saturated heterocycles. The number of quaternary nitrogens is 1. The van der Waals surface area contributed by atoms with Gasteiger partial charge in [-0.2, -0.15) is 0 Å². The third-order valence-corrected chi connectivity index (χ3v) is 5.05. The van der Waals surface area contributed by atoms with Crippen LogP contribution in [0.15, 0.2) is 0 Å². The fourth-order valence-electron chi connectivity index (χ4n) is 2.26. The van der Waals surface area contributed by atoms with Gasteiger partial charge in [-0.1, -0.05) is 64.7 Å². The number of unbranched alkanes of at least 4 members (excludes halogenated alkanes) is 9. The highest BCUT2D eigenvalue weighted by molar-refractivity contribution is 7.39. The van der Waals surface area contributed by atoms with Crippen LogP contribution in [0.1, 0.15) is 71.1 Å². The summed E-state index contributed by atoms with van der Waals surface area (Å²) in [6.07, 6.45) is 14.0. The number of rotatable bonds is 15. The first-order valence-corrected chi connectivity index (χ1v) is 10.4. The third kappa shape index (κ3) is 18.1. The molecule has 3 nitrogen and oxygen atoms in total. The smallest absolute Gasteiger partial charge is 0.191 e. The van der Waals surface area contributed by atoms with Crippen molar-refractivity contribution in [1.29, 1.82) is 0 Å². The second-order valence-electron chi connectivity index (χ2n) is 7.17. The van der Waals surface area contributed by atoms with Gasteiger partial charge in [0, 0.05) is 6.16 Å². The van der Waals surface area contributed by atoms with Crippen LogP contribution in [0.25, 0.3) is 0 Å². The summed E-state index contributed by atoms with van der Waals surface area (Å²) >= 11 is 0. The molecule has 128 valence electrons. The number of hydrogen-bond acceptors (Lipinski definition) is 2. The lowest BCUT2D eigenvalue weighted by Crippen LogP contribution is -2.37. The van der Waals surface area contributed by atoms with Crippen LogP contribution >= 0.6 is 8.03 Å². The molecule has 0 rings (SSSR count). The van der Waals surface area contributed by atoms with Crippen LogP contribution < -0.4 is 0 Å². The molecule has 4 heteroatoms. The van der Waals surface area contributed by atoms with E-state index in [1.807, 2.05) is 0 Å². The van der Waals surface area contributed by atoms with Gasteiger partial charge in [-0.15, -0.1) is 0 Å². The van der Waals surface area contributed by atoms with Crippen molar-refractivity contribution >= 4 is 8.03 Å². The lowest BCUT2D eigenvalue weighted by molar-refractivity contribution is -0.870. The van der Waals surface area contributed by atoms with Gasteiger partial charge in [0.2, 0.25) is 0 Å². The van der Waals surface area contributed by atoms with Crippen LogP contribution in [0.3, 0.4) is 0 Å². The molecule has 0 radical (unpaired) electrons. The molecule has 1 unspecified atom stereocenters. The topological polar surface area (TPSA) is 26.3 Å². The molecule has 0 aromatic heterocycles. The first-order chi connectivity index (χ1) is 9.95. The Morgan fingerprint density at radius 1 is 0.810 bits per heavy atom. The van der Waals surface area contributed by atoms with E-state index in [0.717, 1.165) is 23.6 Å². The second kappa shape index (κ2) is 13.8. The molecule has 0 aliphatic rings. The summed E-state index contributed by atoms with van der Waals surface area (Å²) in [4.78, 5) is 0. The van der Waals surface area contributed by atoms with E-state index in [0.29, 0.717) is 6.61 Å². The van der Waals surface area contributed by atoms with Gasteiger partial charge in [-0.3, -0.25) is 4.57 Å². The summed E-state index contributed by atoms with van der Waals surface area (Å²) in [6, 6.07) is 0. The zero-order valence-corrected chi connectivity index (χ0v) is 16.0. The summed E-state index contributed by atoms with van der Waals surface area (Å²) in [5, 5.41) is 0. The molecule has 21 heavy (non-hydrogen) atoms. The van der Waals surface area contributed by atoms with Gasteiger partial charge in [-0.05, 0) is 6.42 Å². The van der Waals surface area contributed by atoms with E-state index in [1.165, 1.54) is 57.8 Å². The highest BCUT2D eigenvalue weighted by atomic mass is 31.1. The van der Waals surface area contributed by atoms with Crippen molar-refractivity contribution in [2.45, 2.75) is 71.1 Å². The molecule has 0 aromatic rings. The van der Waals surface area contributed by atoms with Crippen molar-refractivity contribution in [2.24, 2.45) is 0 Å². The van der Waals surface area contributed by atoms with Crippen LogP contribution in [0, 0.1) is 0 Å². The van der Waals surface area contributed by atoms with Crippen LogP contribution in [-0.4, -0.2) is 44.9 Å². The Bertz CT molecular complexity index is 252. The minimum Gasteiger partial charge on any atom is -0.329 e. The normalized spacial score (nSPS) is 13.5. The molecule has 0 amide bonds. The molecule has 0 aliphatic heterocycles. The maximum Gasteiger partial charge on any atom is 0.191 e. The van der Waals surface area contributed by atoms with Gasteiger partial charge in [-0.25, -0.2) is 0 Å². The van der Waals surface area contributed by atoms with E-state index in [2.05, 4.69) is 28.1 Å². The highest BCUT2D eigenvalue weighted by Crippen LogP contribution is 2.24.